The van der Waals surface area contributed by atoms with E-state index in [0.29, 0.717) is 13.3 Å². The Kier molecular flexibility index (Phi) is 4.37. The molecule has 18 heavy (non-hydrogen) atoms. The van der Waals surface area contributed by atoms with Crippen molar-refractivity contribution in [1.29, 1.82) is 0 Å². The maximum absolute atomic E-state index is 5.70. The van der Waals surface area contributed by atoms with Crippen molar-refractivity contribution in [2.45, 2.75) is 13.5 Å². The minimum atomic E-state index is 0.595. The highest BCUT2D eigenvalue weighted by Crippen LogP contribution is 2.11. The van der Waals surface area contributed by atoms with E-state index >= 15 is 0 Å². The third-order valence-electron chi connectivity index (χ3n) is 2.87. The molecule has 0 aliphatic rings. The molecule has 0 radical (unpaired) electrons. The van der Waals surface area contributed by atoms with Gasteiger partial charge in [0.05, 0.1) is 6.61 Å². The fourth-order valence-corrected chi connectivity index (χ4v) is 1.74. The summed E-state index contributed by atoms with van der Waals surface area (Å²) in [5, 5.41) is 0. The number of anilines is 1. The number of hydrogen-bond acceptors (Lipinski definition) is 2. The van der Waals surface area contributed by atoms with Crippen molar-refractivity contribution < 1.29 is 4.74 Å². The van der Waals surface area contributed by atoms with E-state index in [-0.39, 0.29) is 0 Å². The van der Waals surface area contributed by atoms with E-state index in [1.165, 1.54) is 16.8 Å². The molecule has 2 rings (SSSR count). The third kappa shape index (κ3) is 3.60. The van der Waals surface area contributed by atoms with Crippen LogP contribution in [-0.4, -0.2) is 13.8 Å². The van der Waals surface area contributed by atoms with Crippen LogP contribution >= 0.6 is 0 Å². The van der Waals surface area contributed by atoms with Crippen molar-refractivity contribution in [2.24, 2.45) is 0 Å². The molecule has 0 N–H and O–H groups in total. The Morgan fingerprint density at radius 3 is 2.28 bits per heavy atom. The normalized spacial score (nSPS) is 10.3. The van der Waals surface area contributed by atoms with Gasteiger partial charge in [-0.15, -0.1) is 0 Å². The number of hydrogen-bond donors (Lipinski definition) is 0. The molecule has 0 heterocycles. The van der Waals surface area contributed by atoms with Gasteiger partial charge in [-0.3, -0.25) is 0 Å². The van der Waals surface area contributed by atoms with Crippen LogP contribution in [0.1, 0.15) is 11.1 Å². The first kappa shape index (κ1) is 12.7. The van der Waals surface area contributed by atoms with Gasteiger partial charge < -0.3 is 9.64 Å². The van der Waals surface area contributed by atoms with Crippen molar-refractivity contribution in [2.75, 3.05) is 18.7 Å². The van der Waals surface area contributed by atoms with Gasteiger partial charge in [0, 0.05) is 12.7 Å². The predicted octanol–water partition coefficient (Wildman–Crippen LogP) is 3.61. The van der Waals surface area contributed by atoms with Crippen molar-refractivity contribution in [3.8, 4) is 0 Å². The Bertz CT molecular complexity index is 464. The second-order valence-corrected chi connectivity index (χ2v) is 4.50. The second kappa shape index (κ2) is 6.22. The van der Waals surface area contributed by atoms with E-state index in [9.17, 15) is 0 Å². The second-order valence-electron chi connectivity index (χ2n) is 4.50. The first-order chi connectivity index (χ1) is 8.75. The highest BCUT2D eigenvalue weighted by atomic mass is 16.5. The van der Waals surface area contributed by atoms with Crippen LogP contribution in [-0.2, 0) is 11.3 Å². The monoisotopic (exact) mass is 241 g/mol. The lowest BCUT2D eigenvalue weighted by atomic mass is 10.2. The molecule has 0 saturated carbocycles. The Morgan fingerprint density at radius 1 is 0.944 bits per heavy atom. The molecule has 2 heteroatoms. The summed E-state index contributed by atoms with van der Waals surface area (Å²) < 4.78 is 5.70. The van der Waals surface area contributed by atoms with Crippen molar-refractivity contribution in [3.05, 3.63) is 65.7 Å². The summed E-state index contributed by atoms with van der Waals surface area (Å²) in [6, 6.07) is 18.7. The van der Waals surface area contributed by atoms with Gasteiger partial charge in [0.1, 0.15) is 6.73 Å². The van der Waals surface area contributed by atoms with Crippen LogP contribution in [0.4, 0.5) is 5.69 Å². The summed E-state index contributed by atoms with van der Waals surface area (Å²) in [5.74, 6) is 0. The summed E-state index contributed by atoms with van der Waals surface area (Å²) in [6.45, 7) is 3.34. The zero-order valence-corrected chi connectivity index (χ0v) is 11.0. The van der Waals surface area contributed by atoms with Crippen molar-refractivity contribution in [1.82, 2.24) is 0 Å². The zero-order chi connectivity index (χ0) is 12.8. The summed E-state index contributed by atoms with van der Waals surface area (Å²) in [4.78, 5) is 2.09. The van der Waals surface area contributed by atoms with E-state index in [1.807, 2.05) is 25.2 Å². The average molecular weight is 241 g/mol. The molecule has 0 unspecified atom stereocenters. The SMILES string of the molecule is Cc1ccc(COCN(C)c2ccccc2)cc1. The van der Waals surface area contributed by atoms with Crippen LogP contribution in [0.5, 0.6) is 0 Å². The Balaban J connectivity index is 1.80. The number of nitrogens with zero attached hydrogens (tertiary/aromatic N) is 1. The van der Waals surface area contributed by atoms with Gasteiger partial charge >= 0.3 is 0 Å². The fraction of sp³-hybridized carbons (Fsp3) is 0.250. The van der Waals surface area contributed by atoms with Crippen molar-refractivity contribution >= 4 is 5.69 Å². The Labute approximate surface area is 109 Å². The number of aryl methyl sites for hydroxylation is 1. The topological polar surface area (TPSA) is 12.5 Å². The lowest BCUT2D eigenvalue weighted by molar-refractivity contribution is 0.124. The van der Waals surface area contributed by atoms with Gasteiger partial charge in [-0.2, -0.15) is 0 Å². The van der Waals surface area contributed by atoms with Crippen LogP contribution in [0.15, 0.2) is 54.6 Å². The number of benzene rings is 2. The van der Waals surface area contributed by atoms with Crippen LogP contribution in [0.2, 0.25) is 0 Å². The van der Waals surface area contributed by atoms with Crippen molar-refractivity contribution in [3.63, 3.8) is 0 Å². The van der Waals surface area contributed by atoms with Crippen LogP contribution < -0.4 is 4.90 Å². The third-order valence-corrected chi connectivity index (χ3v) is 2.87. The van der Waals surface area contributed by atoms with E-state index in [1.54, 1.807) is 0 Å². The van der Waals surface area contributed by atoms with Gasteiger partial charge in [0.25, 0.3) is 0 Å². The molecule has 2 aromatic rings. The highest BCUT2D eigenvalue weighted by molar-refractivity contribution is 5.44. The molecule has 2 aromatic carbocycles. The maximum atomic E-state index is 5.70. The molecule has 0 aliphatic heterocycles. The smallest absolute Gasteiger partial charge is 0.119 e. The van der Waals surface area contributed by atoms with Crippen LogP contribution in [0.3, 0.4) is 0 Å². The molecule has 2 nitrogen and oxygen atoms in total. The quantitative estimate of drug-likeness (QED) is 0.741. The minimum Gasteiger partial charge on any atom is -0.356 e. The van der Waals surface area contributed by atoms with E-state index < -0.39 is 0 Å². The molecular weight excluding hydrogens is 222 g/mol. The molecule has 0 fully saturated rings. The van der Waals surface area contributed by atoms with E-state index in [0.717, 1.165) is 0 Å². The van der Waals surface area contributed by atoms with Crippen LogP contribution in [0.25, 0.3) is 0 Å². The Morgan fingerprint density at radius 2 is 1.61 bits per heavy atom. The highest BCUT2D eigenvalue weighted by Gasteiger charge is 1.99. The predicted molar refractivity (Wildman–Crippen MR) is 75.7 cm³/mol. The molecule has 0 aliphatic carbocycles. The molecule has 0 saturated heterocycles. The first-order valence-corrected chi connectivity index (χ1v) is 6.15. The van der Waals surface area contributed by atoms with Crippen LogP contribution in [0, 0.1) is 6.92 Å². The summed E-state index contributed by atoms with van der Waals surface area (Å²) in [7, 11) is 2.03. The first-order valence-electron chi connectivity index (χ1n) is 6.15. The molecule has 0 bridgehead atoms. The van der Waals surface area contributed by atoms with E-state index in [2.05, 4.69) is 48.2 Å². The van der Waals surface area contributed by atoms with Gasteiger partial charge in [-0.1, -0.05) is 48.0 Å². The molecule has 0 aromatic heterocycles. The maximum Gasteiger partial charge on any atom is 0.119 e. The fourth-order valence-electron chi connectivity index (χ4n) is 1.74. The number of rotatable bonds is 5. The lowest BCUT2D eigenvalue weighted by Gasteiger charge is -2.19. The Hall–Kier alpha value is -1.80. The molecular formula is C16H19NO. The summed E-state index contributed by atoms with van der Waals surface area (Å²) >= 11 is 0. The summed E-state index contributed by atoms with van der Waals surface area (Å²) in [5.41, 5.74) is 3.66. The van der Waals surface area contributed by atoms with Gasteiger partial charge in [-0.05, 0) is 24.6 Å². The zero-order valence-electron chi connectivity index (χ0n) is 11.0. The van der Waals surface area contributed by atoms with Gasteiger partial charge in [-0.25, -0.2) is 0 Å². The number of para-hydroxylation sites is 1. The molecule has 0 atom stereocenters. The molecule has 0 amide bonds. The van der Waals surface area contributed by atoms with Gasteiger partial charge in [0.2, 0.25) is 0 Å². The van der Waals surface area contributed by atoms with E-state index in [4.69, 9.17) is 4.74 Å². The molecule has 0 spiro atoms. The standard InChI is InChI=1S/C16H19NO/c1-14-8-10-15(11-9-14)12-18-13-17(2)16-6-4-3-5-7-16/h3-11H,12-13H2,1-2H3. The average Bonchev–Trinajstić information content (AvgIpc) is 2.42. The molecule has 94 valence electrons. The lowest BCUT2D eigenvalue weighted by Crippen LogP contribution is -2.20. The van der Waals surface area contributed by atoms with Gasteiger partial charge in [0.15, 0.2) is 0 Å². The number of ether oxygens (including phenoxy) is 1. The minimum absolute atomic E-state index is 0.595. The summed E-state index contributed by atoms with van der Waals surface area (Å²) in [6.07, 6.45) is 0. The largest absolute Gasteiger partial charge is 0.356 e.